The topological polar surface area (TPSA) is 67.1 Å². The van der Waals surface area contributed by atoms with E-state index in [-0.39, 0.29) is 0 Å². The minimum absolute atomic E-state index is 0.356. The molecule has 4 rings (SSSR count). The van der Waals surface area contributed by atoms with E-state index >= 15 is 0 Å². The van der Waals surface area contributed by atoms with Gasteiger partial charge in [-0.25, -0.2) is 4.98 Å². The maximum atomic E-state index is 6.05. The number of piperidine rings is 1. The number of benzene rings is 1. The number of nitrogens with one attached hydrogen (secondary N) is 1. The molecule has 5 heteroatoms. The second-order valence-corrected chi connectivity index (χ2v) is 7.12. The molecule has 1 aromatic heterocycles. The molecule has 2 aliphatic heterocycles. The number of nitrogens with two attached hydrogens (primary N) is 1. The molecule has 0 spiro atoms. The Morgan fingerprint density at radius 3 is 2.88 bits per heavy atom. The molecule has 3 heterocycles. The summed E-state index contributed by atoms with van der Waals surface area (Å²) in [6.07, 6.45) is 2.58. The van der Waals surface area contributed by atoms with E-state index in [2.05, 4.69) is 58.3 Å². The Labute approximate surface area is 143 Å². The van der Waals surface area contributed by atoms with Gasteiger partial charge in [-0.1, -0.05) is 23.8 Å². The maximum Gasteiger partial charge on any atom is 0.222 e. The van der Waals surface area contributed by atoms with Crippen molar-refractivity contribution in [1.29, 1.82) is 0 Å². The van der Waals surface area contributed by atoms with Crippen LogP contribution in [0.1, 0.15) is 24.0 Å². The molecule has 0 amide bonds. The maximum absolute atomic E-state index is 6.05. The summed E-state index contributed by atoms with van der Waals surface area (Å²) < 4.78 is 0. The van der Waals surface area contributed by atoms with Gasteiger partial charge in [-0.15, -0.1) is 0 Å². The number of aryl methyl sites for hydroxylation is 1. The summed E-state index contributed by atoms with van der Waals surface area (Å²) in [4.78, 5) is 11.5. The van der Waals surface area contributed by atoms with Crippen LogP contribution in [0.25, 0.3) is 11.3 Å². The van der Waals surface area contributed by atoms with Crippen molar-refractivity contribution < 1.29 is 0 Å². The molecule has 0 saturated carbocycles. The van der Waals surface area contributed by atoms with Crippen LogP contribution in [0.15, 0.2) is 24.3 Å². The predicted molar refractivity (Wildman–Crippen MR) is 98.1 cm³/mol. The lowest BCUT2D eigenvalue weighted by molar-refractivity contribution is 0.340. The van der Waals surface area contributed by atoms with Crippen LogP contribution < -0.4 is 16.0 Å². The number of nitrogens with zero attached hydrogens (tertiary/aromatic N) is 3. The fourth-order valence-corrected chi connectivity index (χ4v) is 4.12. The molecule has 2 atom stereocenters. The lowest BCUT2D eigenvalue weighted by Gasteiger charge is -2.24. The number of nitrogen functional groups attached to an aromatic ring is 1. The van der Waals surface area contributed by atoms with Gasteiger partial charge in [0.25, 0.3) is 0 Å². The third kappa shape index (κ3) is 2.73. The molecule has 2 fully saturated rings. The lowest BCUT2D eigenvalue weighted by atomic mass is 9.94. The van der Waals surface area contributed by atoms with Crippen LogP contribution in [0, 0.1) is 19.8 Å². The van der Waals surface area contributed by atoms with Crippen LogP contribution in [-0.2, 0) is 0 Å². The van der Waals surface area contributed by atoms with Crippen LogP contribution in [0.2, 0.25) is 0 Å². The number of anilines is 2. The van der Waals surface area contributed by atoms with Crippen LogP contribution in [0.5, 0.6) is 0 Å². The molecule has 5 nitrogen and oxygen atoms in total. The Hall–Kier alpha value is -2.14. The molecular weight excluding hydrogens is 298 g/mol. The molecule has 1 unspecified atom stereocenters. The summed E-state index contributed by atoms with van der Waals surface area (Å²) >= 11 is 0. The van der Waals surface area contributed by atoms with Crippen molar-refractivity contribution in [1.82, 2.24) is 15.3 Å². The summed E-state index contributed by atoms with van der Waals surface area (Å²) in [6.45, 7) is 7.41. The number of hydrogen-bond donors (Lipinski definition) is 2. The minimum Gasteiger partial charge on any atom is -0.368 e. The van der Waals surface area contributed by atoms with E-state index in [4.69, 9.17) is 5.73 Å². The Balaban J connectivity index is 1.72. The average molecular weight is 323 g/mol. The van der Waals surface area contributed by atoms with E-state index in [1.165, 1.54) is 18.4 Å². The molecule has 2 aromatic rings. The number of fused-ring (bicyclic) bond motifs is 1. The van der Waals surface area contributed by atoms with Gasteiger partial charge in [0.15, 0.2) is 0 Å². The third-order valence-electron chi connectivity index (χ3n) is 5.33. The van der Waals surface area contributed by atoms with Crippen LogP contribution in [0.3, 0.4) is 0 Å². The van der Waals surface area contributed by atoms with E-state index in [9.17, 15) is 0 Å². The Morgan fingerprint density at radius 1 is 1.21 bits per heavy atom. The number of aromatic nitrogens is 2. The summed E-state index contributed by atoms with van der Waals surface area (Å²) in [5, 5.41) is 3.65. The van der Waals surface area contributed by atoms with Crippen LogP contribution in [0.4, 0.5) is 11.8 Å². The van der Waals surface area contributed by atoms with Gasteiger partial charge < -0.3 is 16.0 Å². The Bertz CT molecular complexity index is 743. The largest absolute Gasteiger partial charge is 0.368 e. The van der Waals surface area contributed by atoms with E-state index in [1.54, 1.807) is 0 Å². The molecular formula is C19H25N5. The standard InChI is InChI=1S/C19H25N5/c1-12-5-3-6-14(9-12)17-13(2)18(23-19(20)22-17)24-10-15-7-4-8-21-16(15)11-24/h3,5-6,9,15-16,21H,4,7-8,10-11H2,1-2H3,(H2,20,22,23)/t15?,16-/m0/s1. The molecule has 2 aliphatic rings. The van der Waals surface area contributed by atoms with Gasteiger partial charge in [-0.2, -0.15) is 4.98 Å². The van der Waals surface area contributed by atoms with Crippen LogP contribution >= 0.6 is 0 Å². The van der Waals surface area contributed by atoms with E-state index in [0.717, 1.165) is 48.2 Å². The zero-order valence-electron chi connectivity index (χ0n) is 14.4. The van der Waals surface area contributed by atoms with Gasteiger partial charge in [0.05, 0.1) is 5.69 Å². The van der Waals surface area contributed by atoms with Gasteiger partial charge >= 0.3 is 0 Å². The van der Waals surface area contributed by atoms with Crippen LogP contribution in [-0.4, -0.2) is 35.6 Å². The number of rotatable bonds is 2. The fraction of sp³-hybridized carbons (Fsp3) is 0.474. The zero-order valence-corrected chi connectivity index (χ0v) is 14.4. The van der Waals surface area contributed by atoms with Gasteiger partial charge in [0.1, 0.15) is 5.82 Å². The van der Waals surface area contributed by atoms with Crippen molar-refractivity contribution in [2.45, 2.75) is 32.7 Å². The molecule has 0 radical (unpaired) electrons. The zero-order chi connectivity index (χ0) is 16.7. The quantitative estimate of drug-likeness (QED) is 0.889. The second kappa shape index (κ2) is 6.06. The molecule has 0 bridgehead atoms. The highest BCUT2D eigenvalue weighted by atomic mass is 15.3. The van der Waals surface area contributed by atoms with Crippen molar-refractivity contribution in [3.63, 3.8) is 0 Å². The van der Waals surface area contributed by atoms with Gasteiger partial charge in [-0.3, -0.25) is 0 Å². The first-order chi connectivity index (χ1) is 11.6. The smallest absolute Gasteiger partial charge is 0.222 e. The summed E-state index contributed by atoms with van der Waals surface area (Å²) in [5.41, 5.74) is 10.5. The predicted octanol–water partition coefficient (Wildman–Crippen LogP) is 2.53. The third-order valence-corrected chi connectivity index (χ3v) is 5.33. The van der Waals surface area contributed by atoms with Crippen molar-refractivity contribution in [2.24, 2.45) is 5.92 Å². The van der Waals surface area contributed by atoms with Gasteiger partial charge in [0, 0.05) is 30.3 Å². The molecule has 3 N–H and O–H groups in total. The Kier molecular flexibility index (Phi) is 3.88. The highest BCUT2D eigenvalue weighted by Gasteiger charge is 2.35. The van der Waals surface area contributed by atoms with Crippen molar-refractivity contribution in [2.75, 3.05) is 30.3 Å². The second-order valence-electron chi connectivity index (χ2n) is 7.12. The molecule has 1 aromatic carbocycles. The first-order valence-electron chi connectivity index (χ1n) is 8.81. The summed E-state index contributed by atoms with van der Waals surface area (Å²) in [5.74, 6) is 2.07. The molecule has 126 valence electrons. The van der Waals surface area contributed by atoms with Crippen molar-refractivity contribution in [3.8, 4) is 11.3 Å². The first-order valence-corrected chi connectivity index (χ1v) is 8.81. The molecule has 2 saturated heterocycles. The average Bonchev–Trinajstić information content (AvgIpc) is 3.00. The molecule has 24 heavy (non-hydrogen) atoms. The van der Waals surface area contributed by atoms with E-state index in [1.807, 2.05) is 0 Å². The van der Waals surface area contributed by atoms with Crippen molar-refractivity contribution >= 4 is 11.8 Å². The van der Waals surface area contributed by atoms with E-state index in [0.29, 0.717) is 12.0 Å². The highest BCUT2D eigenvalue weighted by Crippen LogP contribution is 2.33. The lowest BCUT2D eigenvalue weighted by Crippen LogP contribution is -2.40. The first kappa shape index (κ1) is 15.4. The normalized spacial score (nSPS) is 23.3. The van der Waals surface area contributed by atoms with Gasteiger partial charge in [-0.05, 0) is 45.2 Å². The highest BCUT2D eigenvalue weighted by molar-refractivity contribution is 5.70. The molecule has 0 aliphatic carbocycles. The SMILES string of the molecule is Cc1cccc(-c2nc(N)nc(N3CC4CCCN[C@H]4C3)c2C)c1. The van der Waals surface area contributed by atoms with Crippen molar-refractivity contribution in [3.05, 3.63) is 35.4 Å². The number of hydrogen-bond acceptors (Lipinski definition) is 5. The summed E-state index contributed by atoms with van der Waals surface area (Å²) in [7, 11) is 0. The fourth-order valence-electron chi connectivity index (χ4n) is 4.12. The monoisotopic (exact) mass is 323 g/mol. The summed E-state index contributed by atoms with van der Waals surface area (Å²) in [6, 6.07) is 9.00. The van der Waals surface area contributed by atoms with Gasteiger partial charge in [0.2, 0.25) is 5.95 Å². The minimum atomic E-state index is 0.356. The van der Waals surface area contributed by atoms with E-state index < -0.39 is 0 Å². The Morgan fingerprint density at radius 2 is 2.08 bits per heavy atom.